The fraction of sp³-hybridized carbons (Fsp3) is 0.636. The largest absolute Gasteiger partial charge is 0.370 e. The minimum Gasteiger partial charge on any atom is -0.370 e. The van der Waals surface area contributed by atoms with Crippen molar-refractivity contribution in [3.8, 4) is 0 Å². The molecular weight excluding hydrogens is 242 g/mol. The van der Waals surface area contributed by atoms with Crippen LogP contribution in [0.5, 0.6) is 0 Å². The molecule has 1 N–H and O–H groups in total. The molecule has 0 bridgehead atoms. The molecule has 0 aliphatic heterocycles. The van der Waals surface area contributed by atoms with Gasteiger partial charge in [-0.3, -0.25) is 0 Å². The van der Waals surface area contributed by atoms with Gasteiger partial charge in [0, 0.05) is 18.5 Å². The Morgan fingerprint density at radius 1 is 1.50 bits per heavy atom. The molecule has 0 aromatic carbocycles. The van der Waals surface area contributed by atoms with Crippen molar-refractivity contribution in [3.63, 3.8) is 0 Å². The second-order valence-corrected chi connectivity index (χ2v) is 4.91. The van der Waals surface area contributed by atoms with Crippen molar-refractivity contribution in [1.82, 2.24) is 9.97 Å². The van der Waals surface area contributed by atoms with Gasteiger partial charge in [0.1, 0.15) is 17.2 Å². The van der Waals surface area contributed by atoms with Crippen LogP contribution in [0.2, 0.25) is 0 Å². The third kappa shape index (κ3) is 5.03. The van der Waals surface area contributed by atoms with Gasteiger partial charge >= 0.3 is 0 Å². The van der Waals surface area contributed by atoms with E-state index >= 15 is 0 Å². The molecular formula is C11H18ClN3S. The van der Waals surface area contributed by atoms with E-state index in [1.165, 1.54) is 0 Å². The Labute approximate surface area is 106 Å². The molecule has 0 fully saturated rings. The zero-order valence-electron chi connectivity index (χ0n) is 9.74. The first-order valence-corrected chi connectivity index (χ1v) is 7.18. The van der Waals surface area contributed by atoms with Crippen molar-refractivity contribution in [1.29, 1.82) is 0 Å². The van der Waals surface area contributed by atoms with E-state index in [0.29, 0.717) is 5.92 Å². The zero-order chi connectivity index (χ0) is 11.8. The first-order valence-electron chi connectivity index (χ1n) is 5.42. The molecule has 1 atom stereocenters. The second-order valence-electron chi connectivity index (χ2n) is 3.77. The van der Waals surface area contributed by atoms with Crippen LogP contribution in [0.3, 0.4) is 0 Å². The van der Waals surface area contributed by atoms with Crippen molar-refractivity contribution < 1.29 is 0 Å². The fourth-order valence-corrected chi connectivity index (χ4v) is 1.83. The summed E-state index contributed by atoms with van der Waals surface area (Å²) in [6.45, 7) is 3.11. The summed E-state index contributed by atoms with van der Waals surface area (Å²) in [7, 11) is 0. The molecule has 90 valence electrons. The van der Waals surface area contributed by atoms with Crippen LogP contribution in [-0.4, -0.2) is 28.6 Å². The quantitative estimate of drug-likeness (QED) is 0.353. The van der Waals surface area contributed by atoms with Gasteiger partial charge in [0.15, 0.2) is 0 Å². The van der Waals surface area contributed by atoms with E-state index in [4.69, 9.17) is 11.6 Å². The van der Waals surface area contributed by atoms with Crippen molar-refractivity contribution in [3.05, 3.63) is 12.4 Å². The highest BCUT2D eigenvalue weighted by atomic mass is 35.5. The number of anilines is 1. The van der Waals surface area contributed by atoms with E-state index in [9.17, 15) is 0 Å². The maximum Gasteiger partial charge on any atom is 0.130 e. The third-order valence-corrected chi connectivity index (χ3v) is 3.46. The molecule has 1 unspecified atom stereocenters. The Hall–Kier alpha value is -0.480. The monoisotopic (exact) mass is 259 g/mol. The first-order chi connectivity index (χ1) is 7.76. The number of aromatic nitrogens is 2. The van der Waals surface area contributed by atoms with Crippen molar-refractivity contribution >= 4 is 29.2 Å². The van der Waals surface area contributed by atoms with Gasteiger partial charge in [-0.1, -0.05) is 6.92 Å². The fourth-order valence-electron chi connectivity index (χ4n) is 1.29. The average Bonchev–Trinajstić information content (AvgIpc) is 2.34. The summed E-state index contributed by atoms with van der Waals surface area (Å²) in [4.78, 5) is 8.28. The summed E-state index contributed by atoms with van der Waals surface area (Å²) >= 11 is 7.37. The highest BCUT2D eigenvalue weighted by molar-refractivity contribution is 7.98. The Bertz CT molecular complexity index is 309. The van der Waals surface area contributed by atoms with Gasteiger partial charge in [-0.2, -0.15) is 0 Å². The van der Waals surface area contributed by atoms with Crippen molar-refractivity contribution in [2.24, 2.45) is 5.92 Å². The lowest BCUT2D eigenvalue weighted by Crippen LogP contribution is -2.06. The molecule has 1 aromatic rings. The smallest absolute Gasteiger partial charge is 0.130 e. The maximum atomic E-state index is 5.74. The van der Waals surface area contributed by atoms with Crippen LogP contribution in [0.25, 0.3) is 0 Å². The molecule has 0 saturated heterocycles. The van der Waals surface area contributed by atoms with Gasteiger partial charge in [-0.15, -0.1) is 23.4 Å². The van der Waals surface area contributed by atoms with Crippen LogP contribution in [-0.2, 0) is 0 Å². The van der Waals surface area contributed by atoms with Crippen LogP contribution in [0.15, 0.2) is 17.4 Å². The molecule has 1 heterocycles. The highest BCUT2D eigenvalue weighted by Gasteiger charge is 2.00. The Morgan fingerprint density at radius 3 is 3.00 bits per heavy atom. The van der Waals surface area contributed by atoms with Crippen LogP contribution in [0, 0.1) is 5.92 Å². The minimum absolute atomic E-state index is 0.593. The van der Waals surface area contributed by atoms with E-state index in [2.05, 4.69) is 22.2 Å². The molecule has 0 spiro atoms. The SMILES string of the molecule is CSc1cc(NCCCC(C)CCl)ncn1. The van der Waals surface area contributed by atoms with E-state index < -0.39 is 0 Å². The van der Waals surface area contributed by atoms with Gasteiger partial charge in [-0.05, 0) is 25.0 Å². The molecule has 16 heavy (non-hydrogen) atoms. The van der Waals surface area contributed by atoms with E-state index in [1.54, 1.807) is 18.1 Å². The molecule has 0 amide bonds. The number of nitrogens with zero attached hydrogens (tertiary/aromatic N) is 2. The normalized spacial score (nSPS) is 12.4. The first kappa shape index (κ1) is 13.6. The number of halogens is 1. The van der Waals surface area contributed by atoms with E-state index in [0.717, 1.165) is 36.1 Å². The summed E-state index contributed by atoms with van der Waals surface area (Å²) in [6, 6.07) is 1.97. The predicted octanol–water partition coefficient (Wildman–Crippen LogP) is 3.27. The summed E-state index contributed by atoms with van der Waals surface area (Å²) < 4.78 is 0. The van der Waals surface area contributed by atoms with Crippen molar-refractivity contribution in [2.75, 3.05) is 24.0 Å². The van der Waals surface area contributed by atoms with E-state index in [-0.39, 0.29) is 0 Å². The lowest BCUT2D eigenvalue weighted by atomic mass is 10.1. The number of thioether (sulfide) groups is 1. The van der Waals surface area contributed by atoms with Crippen LogP contribution in [0.4, 0.5) is 5.82 Å². The second kappa shape index (κ2) is 7.74. The number of hydrogen-bond donors (Lipinski definition) is 1. The highest BCUT2D eigenvalue weighted by Crippen LogP contribution is 2.14. The molecule has 1 rings (SSSR count). The van der Waals surface area contributed by atoms with Crippen LogP contribution in [0.1, 0.15) is 19.8 Å². The Morgan fingerprint density at radius 2 is 2.31 bits per heavy atom. The maximum absolute atomic E-state index is 5.74. The summed E-state index contributed by atoms with van der Waals surface area (Å²) in [5.41, 5.74) is 0. The van der Waals surface area contributed by atoms with Crippen LogP contribution < -0.4 is 5.32 Å². The topological polar surface area (TPSA) is 37.8 Å². The molecule has 0 saturated carbocycles. The summed E-state index contributed by atoms with van der Waals surface area (Å²) in [6.07, 6.45) is 5.87. The number of rotatable bonds is 7. The van der Waals surface area contributed by atoms with Gasteiger partial charge in [0.25, 0.3) is 0 Å². The number of alkyl halides is 1. The molecule has 0 aliphatic rings. The van der Waals surface area contributed by atoms with Crippen LogP contribution >= 0.6 is 23.4 Å². The molecule has 3 nitrogen and oxygen atoms in total. The van der Waals surface area contributed by atoms with E-state index in [1.807, 2.05) is 12.3 Å². The lowest BCUT2D eigenvalue weighted by molar-refractivity contribution is 0.572. The standard InChI is InChI=1S/C11H18ClN3S/c1-9(7-12)4-3-5-13-10-6-11(16-2)15-8-14-10/h6,8-9H,3-5,7H2,1-2H3,(H,13,14,15). The Kier molecular flexibility index (Phi) is 6.57. The molecule has 5 heteroatoms. The number of nitrogens with one attached hydrogen (secondary N) is 1. The zero-order valence-corrected chi connectivity index (χ0v) is 11.3. The van der Waals surface area contributed by atoms with Gasteiger partial charge in [-0.25, -0.2) is 9.97 Å². The predicted molar refractivity (Wildman–Crippen MR) is 71.4 cm³/mol. The van der Waals surface area contributed by atoms with Gasteiger partial charge in [0.05, 0.1) is 0 Å². The lowest BCUT2D eigenvalue weighted by Gasteiger charge is -2.08. The molecule has 0 aliphatic carbocycles. The minimum atomic E-state index is 0.593. The summed E-state index contributed by atoms with van der Waals surface area (Å²) in [5.74, 6) is 2.23. The number of hydrogen-bond acceptors (Lipinski definition) is 4. The average molecular weight is 260 g/mol. The Balaban J connectivity index is 2.26. The van der Waals surface area contributed by atoms with Gasteiger partial charge in [0.2, 0.25) is 0 Å². The molecule has 1 aromatic heterocycles. The third-order valence-electron chi connectivity index (χ3n) is 2.29. The molecule has 0 radical (unpaired) electrons. The van der Waals surface area contributed by atoms with Crippen molar-refractivity contribution in [2.45, 2.75) is 24.8 Å². The van der Waals surface area contributed by atoms with Gasteiger partial charge < -0.3 is 5.32 Å². The summed E-state index contributed by atoms with van der Waals surface area (Å²) in [5, 5.41) is 4.28.